The van der Waals surface area contributed by atoms with Crippen LogP contribution in [0, 0.1) is 5.82 Å². The minimum Gasteiger partial charge on any atom is -0.444 e. The Kier molecular flexibility index (Phi) is 7.32. The second-order valence-electron chi connectivity index (χ2n) is 8.52. The summed E-state index contributed by atoms with van der Waals surface area (Å²) in [5.74, 6) is -0.509. The van der Waals surface area contributed by atoms with Gasteiger partial charge in [-0.05, 0) is 44.4 Å². The number of nitrogens with one attached hydrogen (secondary N) is 1. The van der Waals surface area contributed by atoms with Gasteiger partial charge in [-0.3, -0.25) is 14.7 Å². The van der Waals surface area contributed by atoms with E-state index in [9.17, 15) is 14.0 Å². The van der Waals surface area contributed by atoms with E-state index in [2.05, 4.69) is 15.2 Å². The lowest BCUT2D eigenvalue weighted by atomic mass is 10.1. The highest BCUT2D eigenvalue weighted by Crippen LogP contribution is 2.19. The summed E-state index contributed by atoms with van der Waals surface area (Å²) in [4.78, 5) is 33.5. The van der Waals surface area contributed by atoms with Crippen LogP contribution in [0.15, 0.2) is 48.8 Å². The van der Waals surface area contributed by atoms with Gasteiger partial charge in [0.2, 0.25) is 5.91 Å². The van der Waals surface area contributed by atoms with Gasteiger partial charge < -0.3 is 15.0 Å². The summed E-state index contributed by atoms with van der Waals surface area (Å²) in [6.07, 6.45) is 2.65. The van der Waals surface area contributed by atoms with Crippen molar-refractivity contribution in [2.45, 2.75) is 38.8 Å². The Hall–Kier alpha value is -3.00. The summed E-state index contributed by atoms with van der Waals surface area (Å²) in [7, 11) is 0. The molecule has 172 valence electrons. The molecule has 32 heavy (non-hydrogen) atoms. The van der Waals surface area contributed by atoms with Crippen molar-refractivity contribution in [3.63, 3.8) is 0 Å². The van der Waals surface area contributed by atoms with Crippen LogP contribution in [0.3, 0.4) is 0 Å². The van der Waals surface area contributed by atoms with Crippen LogP contribution < -0.4 is 5.32 Å². The minimum atomic E-state index is -0.950. The number of halogens is 1. The number of carbonyl (C=O) groups is 2. The Morgan fingerprint density at radius 2 is 1.94 bits per heavy atom. The molecule has 1 aliphatic heterocycles. The average Bonchev–Trinajstić information content (AvgIpc) is 2.82. The predicted octanol–water partition coefficient (Wildman–Crippen LogP) is 3.17. The maximum absolute atomic E-state index is 13.8. The third kappa shape index (κ3) is 6.75. The maximum atomic E-state index is 13.8. The van der Waals surface area contributed by atoms with Gasteiger partial charge in [0, 0.05) is 40.3 Å². The highest BCUT2D eigenvalue weighted by Gasteiger charge is 2.31. The molecule has 1 fully saturated rings. The molecule has 7 nitrogen and oxygen atoms in total. The van der Waals surface area contributed by atoms with Crippen molar-refractivity contribution in [2.24, 2.45) is 0 Å². The molecule has 1 aliphatic rings. The van der Waals surface area contributed by atoms with E-state index >= 15 is 0 Å². The minimum absolute atomic E-state index is 0.0876. The smallest absolute Gasteiger partial charge is 0.408 e. The van der Waals surface area contributed by atoms with Crippen LogP contribution in [-0.4, -0.2) is 65.1 Å². The molecule has 0 saturated carbocycles. The van der Waals surface area contributed by atoms with Crippen LogP contribution in [0.4, 0.5) is 9.18 Å². The standard InChI is InChI=1S/C24H31FN4O3/c1-24(2,3)32-23(31)27-21(19-7-5-4-6-8-19)22(30)29-15-13-28(14-16-29)12-10-18-9-11-26-17-20(18)25/h4-9,11,17,21H,10,12-16H2,1-3H3,(H,27,31)/i1D. The molecule has 3 rings (SSSR count). The number of pyridine rings is 1. The number of ether oxygens (including phenoxy) is 1. The molecule has 2 heterocycles. The fourth-order valence-corrected chi connectivity index (χ4v) is 3.59. The van der Waals surface area contributed by atoms with Gasteiger partial charge in [-0.15, -0.1) is 0 Å². The Balaban J connectivity index is 1.60. The highest BCUT2D eigenvalue weighted by atomic mass is 19.1. The lowest BCUT2D eigenvalue weighted by Crippen LogP contribution is -2.52. The molecule has 1 aromatic carbocycles. The first kappa shape index (κ1) is 22.2. The van der Waals surface area contributed by atoms with Crippen molar-refractivity contribution in [3.05, 3.63) is 65.7 Å². The third-order valence-electron chi connectivity index (χ3n) is 5.25. The van der Waals surface area contributed by atoms with Gasteiger partial charge in [-0.1, -0.05) is 30.3 Å². The van der Waals surface area contributed by atoms with Crippen LogP contribution >= 0.6 is 0 Å². The number of benzene rings is 1. The number of aromatic nitrogens is 1. The molecule has 2 amide bonds. The molecule has 1 unspecified atom stereocenters. The Labute approximate surface area is 190 Å². The number of rotatable bonds is 6. The highest BCUT2D eigenvalue weighted by molar-refractivity contribution is 5.87. The molecular weight excluding hydrogens is 411 g/mol. The SMILES string of the molecule is [2H]CC(C)(C)OC(=O)NC(C(=O)N1CCN(CCc2ccncc2F)CC1)c1ccccc1. The van der Waals surface area contributed by atoms with Crippen molar-refractivity contribution >= 4 is 12.0 Å². The summed E-state index contributed by atoms with van der Waals surface area (Å²) in [5.41, 5.74) is 0.346. The number of amides is 2. The van der Waals surface area contributed by atoms with Gasteiger partial charge in [0.15, 0.2) is 0 Å². The van der Waals surface area contributed by atoms with Gasteiger partial charge in [0.05, 0.1) is 6.20 Å². The van der Waals surface area contributed by atoms with E-state index in [0.29, 0.717) is 50.3 Å². The molecule has 1 N–H and O–H groups in total. The number of nitrogens with zero attached hydrogens (tertiary/aromatic N) is 3. The summed E-state index contributed by atoms with van der Waals surface area (Å²) in [6.45, 7) is 6.25. The van der Waals surface area contributed by atoms with E-state index in [1.54, 1.807) is 43.1 Å². The summed E-state index contributed by atoms with van der Waals surface area (Å²) < 4.78 is 26.6. The van der Waals surface area contributed by atoms with E-state index < -0.39 is 17.7 Å². The zero-order chi connectivity index (χ0) is 23.8. The molecule has 0 spiro atoms. The number of hydrogen-bond acceptors (Lipinski definition) is 5. The maximum Gasteiger partial charge on any atom is 0.408 e. The van der Waals surface area contributed by atoms with E-state index in [1.807, 2.05) is 18.2 Å². The van der Waals surface area contributed by atoms with Gasteiger partial charge in [0.1, 0.15) is 17.5 Å². The average molecular weight is 444 g/mol. The van der Waals surface area contributed by atoms with Gasteiger partial charge in [0.25, 0.3) is 0 Å². The summed E-state index contributed by atoms with van der Waals surface area (Å²) >= 11 is 0. The molecule has 8 heteroatoms. The van der Waals surface area contributed by atoms with E-state index in [4.69, 9.17) is 6.11 Å². The molecule has 0 radical (unpaired) electrons. The van der Waals surface area contributed by atoms with Crippen LogP contribution in [0.5, 0.6) is 0 Å². The third-order valence-corrected chi connectivity index (χ3v) is 5.25. The quantitative estimate of drug-likeness (QED) is 0.742. The monoisotopic (exact) mass is 443 g/mol. The van der Waals surface area contributed by atoms with Crippen molar-refractivity contribution in [2.75, 3.05) is 32.7 Å². The van der Waals surface area contributed by atoms with E-state index in [0.717, 1.165) is 0 Å². The zero-order valence-corrected chi connectivity index (χ0v) is 18.6. The molecular formula is C24H31FN4O3. The topological polar surface area (TPSA) is 74.8 Å². The van der Waals surface area contributed by atoms with E-state index in [1.165, 1.54) is 6.20 Å². The molecule has 0 bridgehead atoms. The first-order valence-electron chi connectivity index (χ1n) is 11.4. The van der Waals surface area contributed by atoms with Crippen molar-refractivity contribution in [1.82, 2.24) is 20.1 Å². The summed E-state index contributed by atoms with van der Waals surface area (Å²) in [5, 5.41) is 2.69. The Morgan fingerprint density at radius 1 is 1.22 bits per heavy atom. The Morgan fingerprint density at radius 3 is 2.59 bits per heavy atom. The fourth-order valence-electron chi connectivity index (χ4n) is 3.59. The largest absolute Gasteiger partial charge is 0.444 e. The Bertz CT molecular complexity index is 936. The number of alkyl carbamates (subject to hydrolysis) is 1. The molecule has 1 atom stereocenters. The second kappa shape index (κ2) is 10.5. The van der Waals surface area contributed by atoms with Crippen LogP contribution in [0.25, 0.3) is 0 Å². The number of carbonyl (C=O) groups excluding carboxylic acids is 2. The van der Waals surface area contributed by atoms with Crippen LogP contribution in [0.2, 0.25) is 0 Å². The molecule has 2 aromatic rings. The lowest BCUT2D eigenvalue weighted by Gasteiger charge is -2.36. The van der Waals surface area contributed by atoms with Gasteiger partial charge in [-0.2, -0.15) is 0 Å². The lowest BCUT2D eigenvalue weighted by molar-refractivity contribution is -0.135. The molecule has 1 saturated heterocycles. The first-order chi connectivity index (χ1) is 15.8. The van der Waals surface area contributed by atoms with Crippen molar-refractivity contribution < 1.29 is 20.1 Å². The summed E-state index contributed by atoms with van der Waals surface area (Å²) in [6, 6.07) is 9.86. The van der Waals surface area contributed by atoms with Crippen molar-refractivity contribution in [3.8, 4) is 0 Å². The van der Waals surface area contributed by atoms with Crippen LogP contribution in [-0.2, 0) is 16.0 Å². The van der Waals surface area contributed by atoms with E-state index in [-0.39, 0.29) is 18.6 Å². The molecule has 1 aromatic heterocycles. The van der Waals surface area contributed by atoms with Crippen LogP contribution in [0.1, 0.15) is 39.3 Å². The molecule has 0 aliphatic carbocycles. The van der Waals surface area contributed by atoms with Crippen molar-refractivity contribution in [1.29, 1.82) is 0 Å². The number of hydrogen-bond donors (Lipinski definition) is 1. The normalized spacial score (nSPS) is 16.2. The second-order valence-corrected chi connectivity index (χ2v) is 8.52. The van der Waals surface area contributed by atoms with Gasteiger partial charge >= 0.3 is 6.09 Å². The number of piperazine rings is 1. The fraction of sp³-hybridized carbons (Fsp3) is 0.458. The zero-order valence-electron chi connectivity index (χ0n) is 19.6. The first-order valence-corrected chi connectivity index (χ1v) is 10.7. The predicted molar refractivity (Wildman–Crippen MR) is 119 cm³/mol. The van der Waals surface area contributed by atoms with Gasteiger partial charge in [-0.25, -0.2) is 9.18 Å².